The van der Waals surface area contributed by atoms with Gasteiger partial charge in [0.2, 0.25) is 0 Å². The molecule has 6 heteroatoms. The van der Waals surface area contributed by atoms with Gasteiger partial charge >= 0.3 is 0 Å². The van der Waals surface area contributed by atoms with Crippen molar-refractivity contribution < 1.29 is 13.9 Å². The van der Waals surface area contributed by atoms with Crippen molar-refractivity contribution in [3.8, 4) is 5.75 Å². The van der Waals surface area contributed by atoms with E-state index < -0.39 is 5.91 Å². The summed E-state index contributed by atoms with van der Waals surface area (Å²) in [5.41, 5.74) is 4.42. The maximum absolute atomic E-state index is 12.9. The predicted molar refractivity (Wildman–Crippen MR) is 104 cm³/mol. The van der Waals surface area contributed by atoms with Gasteiger partial charge in [0.05, 0.1) is 11.8 Å². The molecule has 3 aromatic carbocycles. The average molecular weight is 383 g/mol. The summed E-state index contributed by atoms with van der Waals surface area (Å²) in [7, 11) is 0. The molecule has 0 bridgehead atoms. The number of rotatable bonds is 6. The van der Waals surface area contributed by atoms with E-state index >= 15 is 0 Å². The fourth-order valence-electron chi connectivity index (χ4n) is 2.30. The van der Waals surface area contributed by atoms with Crippen LogP contribution in [0.15, 0.2) is 77.9 Å². The third-order valence-electron chi connectivity index (χ3n) is 3.69. The van der Waals surface area contributed by atoms with E-state index in [0.717, 1.165) is 5.56 Å². The van der Waals surface area contributed by atoms with E-state index in [4.69, 9.17) is 16.3 Å². The largest absolute Gasteiger partial charge is 0.488 e. The highest BCUT2D eigenvalue weighted by Gasteiger charge is 2.11. The van der Waals surface area contributed by atoms with Crippen molar-refractivity contribution in [3.05, 3.63) is 100 Å². The molecule has 0 fully saturated rings. The molecule has 0 radical (unpaired) electrons. The van der Waals surface area contributed by atoms with E-state index in [1.54, 1.807) is 48.5 Å². The topological polar surface area (TPSA) is 50.7 Å². The highest BCUT2D eigenvalue weighted by atomic mass is 35.5. The molecule has 4 nitrogen and oxygen atoms in total. The predicted octanol–water partition coefficient (Wildman–Crippen LogP) is 4.82. The molecule has 136 valence electrons. The summed E-state index contributed by atoms with van der Waals surface area (Å²) in [5.74, 6) is -0.287. The SMILES string of the molecule is O=C(N/N=C/c1ccc(F)cc1)c1ccccc1OCc1ccc(Cl)cc1. The van der Waals surface area contributed by atoms with Gasteiger partial charge < -0.3 is 4.74 Å². The van der Waals surface area contributed by atoms with Crippen molar-refractivity contribution in [1.82, 2.24) is 5.43 Å². The number of para-hydroxylation sites is 1. The van der Waals surface area contributed by atoms with E-state index in [0.29, 0.717) is 28.5 Å². The molecule has 0 aromatic heterocycles. The lowest BCUT2D eigenvalue weighted by molar-refractivity contribution is 0.0950. The van der Waals surface area contributed by atoms with Crippen LogP contribution in [0.1, 0.15) is 21.5 Å². The van der Waals surface area contributed by atoms with Crippen LogP contribution in [0.2, 0.25) is 5.02 Å². The fourth-order valence-corrected chi connectivity index (χ4v) is 2.42. The molecule has 3 rings (SSSR count). The second-order valence-electron chi connectivity index (χ2n) is 5.66. The highest BCUT2D eigenvalue weighted by molar-refractivity contribution is 6.30. The molecule has 3 aromatic rings. The summed E-state index contributed by atoms with van der Waals surface area (Å²) < 4.78 is 18.6. The van der Waals surface area contributed by atoms with Crippen LogP contribution in [-0.2, 0) is 6.61 Å². The maximum Gasteiger partial charge on any atom is 0.275 e. The van der Waals surface area contributed by atoms with Gasteiger partial charge in [-0.1, -0.05) is 48.0 Å². The second kappa shape index (κ2) is 8.96. The number of hydrogen-bond acceptors (Lipinski definition) is 3. The first-order valence-electron chi connectivity index (χ1n) is 8.17. The number of hydrazone groups is 1. The number of nitrogens with zero attached hydrogens (tertiary/aromatic N) is 1. The summed E-state index contributed by atoms with van der Waals surface area (Å²) in [5, 5.41) is 4.55. The van der Waals surface area contributed by atoms with Crippen LogP contribution in [0, 0.1) is 5.82 Å². The molecule has 1 N–H and O–H groups in total. The van der Waals surface area contributed by atoms with Gasteiger partial charge in [0, 0.05) is 5.02 Å². The van der Waals surface area contributed by atoms with Crippen molar-refractivity contribution in [2.75, 3.05) is 0 Å². The van der Waals surface area contributed by atoms with Crippen LogP contribution >= 0.6 is 11.6 Å². The van der Waals surface area contributed by atoms with E-state index in [1.807, 2.05) is 12.1 Å². The fraction of sp³-hybridized carbons (Fsp3) is 0.0476. The van der Waals surface area contributed by atoms with Gasteiger partial charge in [0.1, 0.15) is 18.2 Å². The number of ether oxygens (including phenoxy) is 1. The van der Waals surface area contributed by atoms with Gasteiger partial charge in [-0.3, -0.25) is 4.79 Å². The number of carbonyl (C=O) groups is 1. The van der Waals surface area contributed by atoms with Crippen molar-refractivity contribution in [2.45, 2.75) is 6.61 Å². The van der Waals surface area contributed by atoms with Gasteiger partial charge in [-0.05, 0) is 47.5 Å². The van der Waals surface area contributed by atoms with E-state index in [-0.39, 0.29) is 5.82 Å². The zero-order chi connectivity index (χ0) is 19.1. The molecular weight excluding hydrogens is 367 g/mol. The molecule has 0 atom stereocenters. The van der Waals surface area contributed by atoms with Gasteiger partial charge in [-0.25, -0.2) is 9.82 Å². The Bertz CT molecular complexity index is 941. The van der Waals surface area contributed by atoms with E-state index in [9.17, 15) is 9.18 Å². The number of halogens is 2. The molecule has 27 heavy (non-hydrogen) atoms. The molecule has 0 heterocycles. The monoisotopic (exact) mass is 382 g/mol. The minimum absolute atomic E-state index is 0.306. The number of carbonyl (C=O) groups excluding carboxylic acids is 1. The Morgan fingerprint density at radius 2 is 1.74 bits per heavy atom. The van der Waals surface area contributed by atoms with Gasteiger partial charge in [-0.2, -0.15) is 5.10 Å². The lowest BCUT2D eigenvalue weighted by Crippen LogP contribution is -2.18. The maximum atomic E-state index is 12.9. The third kappa shape index (κ3) is 5.39. The Kier molecular flexibility index (Phi) is 6.18. The van der Waals surface area contributed by atoms with Gasteiger partial charge in [-0.15, -0.1) is 0 Å². The van der Waals surface area contributed by atoms with Crippen molar-refractivity contribution in [1.29, 1.82) is 0 Å². The number of benzene rings is 3. The Balaban J connectivity index is 1.64. The summed E-state index contributed by atoms with van der Waals surface area (Å²) in [4.78, 5) is 12.4. The molecule has 1 amide bonds. The molecule has 0 aliphatic heterocycles. The van der Waals surface area contributed by atoms with Crippen molar-refractivity contribution >= 4 is 23.7 Å². The van der Waals surface area contributed by atoms with E-state index in [2.05, 4.69) is 10.5 Å². The summed E-state index contributed by atoms with van der Waals surface area (Å²) >= 11 is 5.87. The van der Waals surface area contributed by atoms with E-state index in [1.165, 1.54) is 18.3 Å². The van der Waals surface area contributed by atoms with Crippen LogP contribution < -0.4 is 10.2 Å². The van der Waals surface area contributed by atoms with Crippen LogP contribution in [0.4, 0.5) is 4.39 Å². The summed E-state index contributed by atoms with van der Waals surface area (Å²) in [6, 6.07) is 20.0. The van der Waals surface area contributed by atoms with Crippen LogP contribution in [0.25, 0.3) is 0 Å². The normalized spacial score (nSPS) is 10.7. The first-order valence-corrected chi connectivity index (χ1v) is 8.55. The average Bonchev–Trinajstić information content (AvgIpc) is 2.69. The smallest absolute Gasteiger partial charge is 0.275 e. The molecule has 0 aliphatic rings. The molecule has 0 unspecified atom stereocenters. The Labute approximate surface area is 161 Å². The standard InChI is InChI=1S/C21H16ClFN2O2/c22-17-9-5-16(6-10-17)14-27-20-4-2-1-3-19(20)21(26)25-24-13-15-7-11-18(23)12-8-15/h1-13H,14H2,(H,25,26)/b24-13+. The molecule has 0 saturated heterocycles. The second-order valence-corrected chi connectivity index (χ2v) is 6.10. The Morgan fingerprint density at radius 1 is 1.04 bits per heavy atom. The number of amides is 1. The summed E-state index contributed by atoms with van der Waals surface area (Å²) in [6.45, 7) is 0.306. The molecular formula is C21H16ClFN2O2. The van der Waals surface area contributed by atoms with Crippen molar-refractivity contribution in [3.63, 3.8) is 0 Å². The minimum Gasteiger partial charge on any atom is -0.488 e. The lowest BCUT2D eigenvalue weighted by Gasteiger charge is -2.10. The summed E-state index contributed by atoms with van der Waals surface area (Å²) in [6.07, 6.45) is 1.44. The molecule has 0 aliphatic carbocycles. The third-order valence-corrected chi connectivity index (χ3v) is 3.94. The molecule has 0 spiro atoms. The minimum atomic E-state index is -0.403. The Morgan fingerprint density at radius 3 is 2.48 bits per heavy atom. The van der Waals surface area contributed by atoms with Crippen molar-refractivity contribution in [2.24, 2.45) is 5.10 Å². The zero-order valence-corrected chi connectivity index (χ0v) is 15.0. The van der Waals surface area contributed by atoms with Crippen LogP contribution in [0.5, 0.6) is 5.75 Å². The van der Waals surface area contributed by atoms with Crippen LogP contribution in [-0.4, -0.2) is 12.1 Å². The highest BCUT2D eigenvalue weighted by Crippen LogP contribution is 2.20. The quantitative estimate of drug-likeness (QED) is 0.490. The first kappa shape index (κ1) is 18.6. The first-order chi connectivity index (χ1) is 13.1. The number of nitrogens with one attached hydrogen (secondary N) is 1. The van der Waals surface area contributed by atoms with Gasteiger partial charge in [0.25, 0.3) is 5.91 Å². The van der Waals surface area contributed by atoms with Crippen LogP contribution in [0.3, 0.4) is 0 Å². The zero-order valence-electron chi connectivity index (χ0n) is 14.2. The number of hydrogen-bond donors (Lipinski definition) is 1. The Hall–Kier alpha value is -3.18. The molecule has 0 saturated carbocycles. The van der Waals surface area contributed by atoms with Gasteiger partial charge in [0.15, 0.2) is 0 Å². The lowest BCUT2D eigenvalue weighted by atomic mass is 10.2.